The molecule has 0 fully saturated rings. The molecule has 0 aliphatic rings. The zero-order chi connectivity index (χ0) is 27.6. The predicted octanol–water partition coefficient (Wildman–Crippen LogP) is 4.97. The topological polar surface area (TPSA) is 95.0 Å². The molecular formula is C30H34N4O4. The van der Waals surface area contributed by atoms with E-state index in [1.807, 2.05) is 32.0 Å². The van der Waals surface area contributed by atoms with Crippen LogP contribution in [0.2, 0.25) is 0 Å². The van der Waals surface area contributed by atoms with Crippen molar-refractivity contribution in [2.75, 3.05) is 6.61 Å². The molecule has 4 rings (SSSR count). The van der Waals surface area contributed by atoms with Crippen LogP contribution in [-0.4, -0.2) is 32.4 Å². The fourth-order valence-electron chi connectivity index (χ4n) is 4.37. The first kappa shape index (κ1) is 27.0. The number of esters is 1. The summed E-state index contributed by atoms with van der Waals surface area (Å²) in [4.78, 5) is 49.3. The van der Waals surface area contributed by atoms with Crippen molar-refractivity contribution in [1.82, 2.24) is 14.0 Å². The van der Waals surface area contributed by atoms with E-state index in [1.165, 1.54) is 10.5 Å². The van der Waals surface area contributed by atoms with Crippen LogP contribution >= 0.6 is 0 Å². The Balaban J connectivity index is 2.06. The van der Waals surface area contributed by atoms with Gasteiger partial charge in [-0.1, -0.05) is 52.3 Å². The summed E-state index contributed by atoms with van der Waals surface area (Å²) in [6, 6.07) is 12.4. The van der Waals surface area contributed by atoms with Crippen molar-refractivity contribution in [1.29, 1.82) is 0 Å². The van der Waals surface area contributed by atoms with Gasteiger partial charge in [-0.2, -0.15) is 4.99 Å². The van der Waals surface area contributed by atoms with Crippen molar-refractivity contribution in [3.05, 3.63) is 86.8 Å². The van der Waals surface area contributed by atoms with E-state index in [1.54, 1.807) is 35.9 Å². The molecule has 3 aromatic heterocycles. The number of carbonyl (C=O) groups is 2. The summed E-state index contributed by atoms with van der Waals surface area (Å²) in [5.74, 6) is -1.14. The molecule has 198 valence electrons. The number of amides is 1. The Bertz CT molecular complexity index is 1660. The predicted molar refractivity (Wildman–Crippen MR) is 148 cm³/mol. The number of pyridine rings is 2. The van der Waals surface area contributed by atoms with Crippen molar-refractivity contribution in [3.8, 4) is 0 Å². The van der Waals surface area contributed by atoms with Gasteiger partial charge in [-0.05, 0) is 61.1 Å². The summed E-state index contributed by atoms with van der Waals surface area (Å²) < 4.78 is 8.49. The third kappa shape index (κ3) is 5.16. The lowest BCUT2D eigenvalue weighted by Crippen LogP contribution is -2.33. The highest BCUT2D eigenvalue weighted by atomic mass is 16.5. The molecule has 0 spiro atoms. The van der Waals surface area contributed by atoms with Gasteiger partial charge in [0.05, 0.1) is 12.0 Å². The Hall–Kier alpha value is -4.07. The number of unbranched alkanes of at least 4 members (excludes halogenated alkanes) is 1. The molecule has 0 aliphatic carbocycles. The minimum atomic E-state index is -0.650. The van der Waals surface area contributed by atoms with Gasteiger partial charge < -0.3 is 9.30 Å². The standard InChI is InChI=1S/C30H34N4O4/c1-7-9-16-33-25-22(28(36)34-17-10-11-19(3)24(34)31-25)18-23(29(37)38-8-2)26(33)32-27(35)20-12-14-21(15-13-20)30(4,5)6/h10-15,17-18H,7-9,16H2,1-6H3. The second-order valence-corrected chi connectivity index (χ2v) is 10.4. The Kier molecular flexibility index (Phi) is 7.62. The molecule has 0 saturated heterocycles. The quantitative estimate of drug-likeness (QED) is 0.267. The van der Waals surface area contributed by atoms with Crippen LogP contribution in [-0.2, 0) is 16.7 Å². The van der Waals surface area contributed by atoms with E-state index in [0.717, 1.165) is 24.0 Å². The third-order valence-electron chi connectivity index (χ3n) is 6.54. The molecular weight excluding hydrogens is 480 g/mol. The first-order valence-corrected chi connectivity index (χ1v) is 13.0. The number of fused-ring (bicyclic) bond motifs is 2. The zero-order valence-electron chi connectivity index (χ0n) is 22.9. The molecule has 8 heteroatoms. The van der Waals surface area contributed by atoms with Gasteiger partial charge in [0.1, 0.15) is 16.9 Å². The summed E-state index contributed by atoms with van der Waals surface area (Å²) in [6.45, 7) is 12.5. The van der Waals surface area contributed by atoms with Gasteiger partial charge in [0, 0.05) is 18.3 Å². The number of aromatic nitrogens is 3. The molecule has 8 nitrogen and oxygen atoms in total. The molecule has 0 unspecified atom stereocenters. The molecule has 0 N–H and O–H groups in total. The summed E-state index contributed by atoms with van der Waals surface area (Å²) in [5, 5.41) is 0.258. The fraction of sp³-hybridized carbons (Fsp3) is 0.367. The van der Waals surface area contributed by atoms with Crippen molar-refractivity contribution in [2.45, 2.75) is 66.3 Å². The average molecular weight is 515 g/mol. The molecule has 1 amide bonds. The summed E-state index contributed by atoms with van der Waals surface area (Å²) in [5.41, 5.74) is 3.04. The fourth-order valence-corrected chi connectivity index (χ4v) is 4.37. The minimum Gasteiger partial charge on any atom is -0.462 e. The van der Waals surface area contributed by atoms with E-state index in [-0.39, 0.29) is 34.0 Å². The second-order valence-electron chi connectivity index (χ2n) is 10.4. The number of aryl methyl sites for hydroxylation is 2. The third-order valence-corrected chi connectivity index (χ3v) is 6.54. The summed E-state index contributed by atoms with van der Waals surface area (Å²) in [7, 11) is 0. The Morgan fingerprint density at radius 3 is 2.39 bits per heavy atom. The number of nitrogens with zero attached hydrogens (tertiary/aromatic N) is 4. The first-order chi connectivity index (χ1) is 18.1. The van der Waals surface area contributed by atoms with Crippen LogP contribution in [0.15, 0.2) is 58.4 Å². The smallest absolute Gasteiger partial charge is 0.341 e. The second kappa shape index (κ2) is 10.7. The van der Waals surface area contributed by atoms with Gasteiger partial charge in [-0.25, -0.2) is 9.78 Å². The maximum absolute atomic E-state index is 13.5. The molecule has 38 heavy (non-hydrogen) atoms. The molecule has 0 bridgehead atoms. The molecule has 1 aromatic carbocycles. The number of benzene rings is 1. The molecule has 0 radical (unpaired) electrons. The normalized spacial score (nSPS) is 12.3. The number of rotatable bonds is 6. The van der Waals surface area contributed by atoms with Crippen LogP contribution < -0.4 is 11.0 Å². The van der Waals surface area contributed by atoms with Crippen molar-refractivity contribution < 1.29 is 14.3 Å². The van der Waals surface area contributed by atoms with Gasteiger partial charge in [-0.3, -0.25) is 14.0 Å². The van der Waals surface area contributed by atoms with E-state index in [4.69, 9.17) is 9.72 Å². The van der Waals surface area contributed by atoms with Crippen LogP contribution in [0.1, 0.15) is 79.3 Å². The molecule has 4 aromatic rings. The molecule has 0 atom stereocenters. The SMILES string of the molecule is CCCCn1c(=NC(=O)c2ccc(C(C)(C)C)cc2)c(C(=O)OCC)cc2c(=O)n3cccc(C)c3nc21. The van der Waals surface area contributed by atoms with Crippen LogP contribution in [0.4, 0.5) is 0 Å². The van der Waals surface area contributed by atoms with Crippen molar-refractivity contribution >= 4 is 28.6 Å². The Morgan fingerprint density at radius 2 is 1.76 bits per heavy atom. The highest BCUT2D eigenvalue weighted by Crippen LogP contribution is 2.22. The largest absolute Gasteiger partial charge is 0.462 e. The van der Waals surface area contributed by atoms with E-state index in [2.05, 4.69) is 25.8 Å². The van der Waals surface area contributed by atoms with Gasteiger partial charge in [0.2, 0.25) is 0 Å². The van der Waals surface area contributed by atoms with Crippen molar-refractivity contribution in [2.24, 2.45) is 4.99 Å². The van der Waals surface area contributed by atoms with E-state index in [0.29, 0.717) is 23.4 Å². The van der Waals surface area contributed by atoms with Gasteiger partial charge in [-0.15, -0.1) is 0 Å². The van der Waals surface area contributed by atoms with Crippen LogP contribution in [0.3, 0.4) is 0 Å². The summed E-state index contributed by atoms with van der Waals surface area (Å²) >= 11 is 0. The Labute approximate surface area is 221 Å². The maximum atomic E-state index is 13.5. The van der Waals surface area contributed by atoms with Gasteiger partial charge in [0.25, 0.3) is 11.5 Å². The summed E-state index contributed by atoms with van der Waals surface area (Å²) in [6.07, 6.45) is 3.24. The number of carbonyl (C=O) groups excluding carboxylic acids is 2. The number of ether oxygens (including phenoxy) is 1. The highest BCUT2D eigenvalue weighted by molar-refractivity contribution is 5.97. The van der Waals surface area contributed by atoms with Gasteiger partial charge in [0.15, 0.2) is 5.49 Å². The van der Waals surface area contributed by atoms with Gasteiger partial charge >= 0.3 is 5.97 Å². The molecule has 0 saturated carbocycles. The number of hydrogen-bond donors (Lipinski definition) is 0. The number of hydrogen-bond acceptors (Lipinski definition) is 5. The van der Waals surface area contributed by atoms with Crippen molar-refractivity contribution in [3.63, 3.8) is 0 Å². The molecule has 0 aliphatic heterocycles. The average Bonchev–Trinajstić information content (AvgIpc) is 2.88. The monoisotopic (exact) mass is 514 g/mol. The lowest BCUT2D eigenvalue weighted by molar-refractivity contribution is 0.0523. The first-order valence-electron chi connectivity index (χ1n) is 13.0. The van der Waals surface area contributed by atoms with E-state index < -0.39 is 11.9 Å². The van der Waals surface area contributed by atoms with E-state index >= 15 is 0 Å². The molecule has 3 heterocycles. The maximum Gasteiger partial charge on any atom is 0.341 e. The van der Waals surface area contributed by atoms with Crippen LogP contribution in [0, 0.1) is 6.92 Å². The zero-order valence-corrected chi connectivity index (χ0v) is 22.9. The highest BCUT2D eigenvalue weighted by Gasteiger charge is 2.21. The van der Waals surface area contributed by atoms with Crippen LogP contribution in [0.25, 0.3) is 16.7 Å². The minimum absolute atomic E-state index is 0.0571. The Morgan fingerprint density at radius 1 is 1.05 bits per heavy atom. The lowest BCUT2D eigenvalue weighted by atomic mass is 9.87. The van der Waals surface area contributed by atoms with Crippen LogP contribution in [0.5, 0.6) is 0 Å². The van der Waals surface area contributed by atoms with E-state index in [9.17, 15) is 14.4 Å². The lowest BCUT2D eigenvalue weighted by Gasteiger charge is -2.18.